The van der Waals surface area contributed by atoms with E-state index in [-0.39, 0.29) is 17.1 Å². The summed E-state index contributed by atoms with van der Waals surface area (Å²) in [5.41, 5.74) is -0.310. The number of nitrogens with one attached hydrogen (secondary N) is 1. The minimum atomic E-state index is -0.655. The number of carbonyl (C=O) groups excluding carboxylic acids is 2. The Morgan fingerprint density at radius 2 is 2.00 bits per heavy atom. The van der Waals surface area contributed by atoms with Crippen molar-refractivity contribution >= 4 is 18.1 Å². The van der Waals surface area contributed by atoms with Gasteiger partial charge in [-0.25, -0.2) is 4.79 Å². The fourth-order valence-electron chi connectivity index (χ4n) is 1.37. The molecule has 0 spiro atoms. The maximum absolute atomic E-state index is 11.6. The minimum absolute atomic E-state index is 0.0189. The highest BCUT2D eigenvalue weighted by Crippen LogP contribution is 2.32. The van der Waals surface area contributed by atoms with Crippen LogP contribution in [0.15, 0.2) is 12.1 Å². The Bertz CT molecular complexity index is 491. The molecule has 0 saturated carbocycles. The van der Waals surface area contributed by atoms with E-state index in [9.17, 15) is 14.7 Å². The predicted octanol–water partition coefficient (Wildman–Crippen LogP) is 2.56. The van der Waals surface area contributed by atoms with Gasteiger partial charge in [-0.1, -0.05) is 0 Å². The average molecular weight is 267 g/mol. The maximum atomic E-state index is 11.6. The molecular weight excluding hydrogens is 250 g/mol. The molecule has 1 rings (SSSR count). The lowest BCUT2D eigenvalue weighted by Gasteiger charge is -2.20. The quantitative estimate of drug-likeness (QED) is 0.649. The third-order valence-electron chi connectivity index (χ3n) is 2.10. The Morgan fingerprint density at radius 1 is 1.37 bits per heavy atom. The molecule has 0 fully saturated rings. The second-order valence-electron chi connectivity index (χ2n) is 4.86. The van der Waals surface area contributed by atoms with Gasteiger partial charge in [0.15, 0.2) is 17.8 Å². The second-order valence-corrected chi connectivity index (χ2v) is 4.86. The number of carbonyl (C=O) groups is 2. The largest absolute Gasteiger partial charge is 0.504 e. The van der Waals surface area contributed by atoms with Gasteiger partial charge in [0.05, 0.1) is 12.7 Å². The Balaban J connectivity index is 2.96. The van der Waals surface area contributed by atoms with E-state index in [0.717, 1.165) is 0 Å². The van der Waals surface area contributed by atoms with Gasteiger partial charge in [0.2, 0.25) is 0 Å². The van der Waals surface area contributed by atoms with Crippen LogP contribution >= 0.6 is 0 Å². The first-order valence-electron chi connectivity index (χ1n) is 5.63. The van der Waals surface area contributed by atoms with Gasteiger partial charge >= 0.3 is 6.09 Å². The Kier molecular flexibility index (Phi) is 4.37. The first-order chi connectivity index (χ1) is 8.76. The zero-order valence-electron chi connectivity index (χ0n) is 11.3. The number of anilines is 1. The van der Waals surface area contributed by atoms with Crippen molar-refractivity contribution in [2.75, 3.05) is 12.4 Å². The summed E-state index contributed by atoms with van der Waals surface area (Å²) in [6.45, 7) is 5.21. The minimum Gasteiger partial charge on any atom is -0.504 e. The summed E-state index contributed by atoms with van der Waals surface area (Å²) in [4.78, 5) is 22.4. The van der Waals surface area contributed by atoms with Gasteiger partial charge in [-0.2, -0.15) is 0 Å². The summed E-state index contributed by atoms with van der Waals surface area (Å²) >= 11 is 0. The van der Waals surface area contributed by atoms with Crippen LogP contribution in [0, 0.1) is 0 Å². The molecule has 1 aromatic rings. The van der Waals surface area contributed by atoms with Crippen molar-refractivity contribution in [3.05, 3.63) is 17.7 Å². The molecule has 0 bridgehead atoms. The third-order valence-corrected chi connectivity index (χ3v) is 2.10. The summed E-state index contributed by atoms with van der Waals surface area (Å²) in [7, 11) is 1.35. The number of phenolic OH excluding ortho intramolecular Hbond substituents is 1. The van der Waals surface area contributed by atoms with E-state index >= 15 is 0 Å². The van der Waals surface area contributed by atoms with E-state index in [2.05, 4.69) is 5.32 Å². The van der Waals surface area contributed by atoms with Crippen molar-refractivity contribution in [2.45, 2.75) is 26.4 Å². The number of hydrogen-bond donors (Lipinski definition) is 2. The van der Waals surface area contributed by atoms with Crippen molar-refractivity contribution in [1.29, 1.82) is 0 Å². The summed E-state index contributed by atoms with van der Waals surface area (Å²) < 4.78 is 9.99. The molecule has 0 heterocycles. The maximum Gasteiger partial charge on any atom is 0.412 e. The van der Waals surface area contributed by atoms with Gasteiger partial charge in [0, 0.05) is 11.8 Å². The Hall–Kier alpha value is -2.24. The molecule has 6 heteroatoms. The molecule has 0 radical (unpaired) electrons. The van der Waals surface area contributed by atoms with Gasteiger partial charge in [0.1, 0.15) is 5.60 Å². The summed E-state index contributed by atoms with van der Waals surface area (Å²) in [5, 5.41) is 12.1. The molecule has 19 heavy (non-hydrogen) atoms. The van der Waals surface area contributed by atoms with Crippen molar-refractivity contribution in [3.63, 3.8) is 0 Å². The summed E-state index contributed by atoms with van der Waals surface area (Å²) in [6.07, 6.45) is -0.185. The van der Waals surface area contributed by atoms with E-state index in [1.165, 1.54) is 19.2 Å². The van der Waals surface area contributed by atoms with Crippen LogP contribution in [-0.2, 0) is 4.74 Å². The highest BCUT2D eigenvalue weighted by Gasteiger charge is 2.17. The fourth-order valence-corrected chi connectivity index (χ4v) is 1.37. The van der Waals surface area contributed by atoms with Gasteiger partial charge in [-0.15, -0.1) is 0 Å². The van der Waals surface area contributed by atoms with Gasteiger partial charge in [-0.05, 0) is 26.8 Å². The summed E-state index contributed by atoms with van der Waals surface area (Å²) in [6, 6.07) is 2.72. The normalized spacial score (nSPS) is 10.7. The zero-order chi connectivity index (χ0) is 14.6. The SMILES string of the molecule is COc1cc(NC(=O)OC(C)(C)C)cc(C=O)c1O. The lowest BCUT2D eigenvalue weighted by molar-refractivity contribution is 0.0635. The van der Waals surface area contributed by atoms with Crippen molar-refractivity contribution in [3.8, 4) is 11.5 Å². The number of benzene rings is 1. The molecule has 1 aromatic carbocycles. The molecule has 0 atom stereocenters. The van der Waals surface area contributed by atoms with Crippen LogP contribution in [-0.4, -0.2) is 30.2 Å². The van der Waals surface area contributed by atoms with Crippen LogP contribution in [0.4, 0.5) is 10.5 Å². The lowest BCUT2D eigenvalue weighted by Crippen LogP contribution is -2.27. The number of hydrogen-bond acceptors (Lipinski definition) is 5. The van der Waals surface area contributed by atoms with Crippen molar-refractivity contribution < 1.29 is 24.2 Å². The van der Waals surface area contributed by atoms with Crippen LogP contribution < -0.4 is 10.1 Å². The molecule has 2 N–H and O–H groups in total. The second kappa shape index (κ2) is 5.60. The monoisotopic (exact) mass is 267 g/mol. The van der Waals surface area contributed by atoms with Crippen LogP contribution in [0.3, 0.4) is 0 Å². The fraction of sp³-hybridized carbons (Fsp3) is 0.385. The molecule has 0 aliphatic heterocycles. The first kappa shape index (κ1) is 14.8. The van der Waals surface area contributed by atoms with Crippen LogP contribution in [0.2, 0.25) is 0 Å². The Morgan fingerprint density at radius 3 is 2.47 bits per heavy atom. The van der Waals surface area contributed by atoms with Gasteiger partial charge < -0.3 is 14.6 Å². The van der Waals surface area contributed by atoms with Gasteiger partial charge in [0.25, 0.3) is 0 Å². The first-order valence-corrected chi connectivity index (χ1v) is 5.63. The van der Waals surface area contributed by atoms with E-state index < -0.39 is 11.7 Å². The third kappa shape index (κ3) is 4.17. The van der Waals surface area contributed by atoms with Crippen LogP contribution in [0.25, 0.3) is 0 Å². The Labute approximate surface area is 111 Å². The number of rotatable bonds is 3. The highest BCUT2D eigenvalue weighted by molar-refractivity contribution is 5.89. The molecule has 104 valence electrons. The van der Waals surface area contributed by atoms with E-state index in [0.29, 0.717) is 12.0 Å². The number of amides is 1. The zero-order valence-corrected chi connectivity index (χ0v) is 11.3. The lowest BCUT2D eigenvalue weighted by atomic mass is 10.1. The number of ether oxygens (including phenoxy) is 2. The van der Waals surface area contributed by atoms with E-state index in [1.54, 1.807) is 20.8 Å². The van der Waals surface area contributed by atoms with Gasteiger partial charge in [-0.3, -0.25) is 10.1 Å². The molecule has 1 amide bonds. The number of aldehydes is 1. The van der Waals surface area contributed by atoms with Crippen molar-refractivity contribution in [2.24, 2.45) is 0 Å². The average Bonchev–Trinajstić information content (AvgIpc) is 2.28. The predicted molar refractivity (Wildman–Crippen MR) is 69.9 cm³/mol. The topological polar surface area (TPSA) is 84.9 Å². The molecule has 0 aliphatic carbocycles. The standard InChI is InChI=1S/C13H17NO5/c1-13(2,3)19-12(17)14-9-5-8(7-15)11(16)10(6-9)18-4/h5-7,16H,1-4H3,(H,14,17). The number of aromatic hydroxyl groups is 1. The summed E-state index contributed by atoms with van der Waals surface area (Å²) in [5.74, 6) is -0.178. The molecule has 0 unspecified atom stereocenters. The molecule has 6 nitrogen and oxygen atoms in total. The van der Waals surface area contributed by atoms with Crippen LogP contribution in [0.5, 0.6) is 11.5 Å². The van der Waals surface area contributed by atoms with Crippen molar-refractivity contribution in [1.82, 2.24) is 0 Å². The molecular formula is C13H17NO5. The molecule has 0 saturated heterocycles. The molecule has 0 aliphatic rings. The highest BCUT2D eigenvalue weighted by atomic mass is 16.6. The van der Waals surface area contributed by atoms with E-state index in [4.69, 9.17) is 9.47 Å². The van der Waals surface area contributed by atoms with E-state index in [1.807, 2.05) is 0 Å². The number of methoxy groups -OCH3 is 1. The smallest absolute Gasteiger partial charge is 0.412 e. The number of phenols is 1. The molecule has 0 aromatic heterocycles. The van der Waals surface area contributed by atoms with Crippen LogP contribution in [0.1, 0.15) is 31.1 Å².